The molecule has 0 aliphatic heterocycles. The molecule has 88 valence electrons. The van der Waals surface area contributed by atoms with Crippen molar-refractivity contribution in [3.63, 3.8) is 0 Å². The molecule has 2 rings (SSSR count). The van der Waals surface area contributed by atoms with Gasteiger partial charge in [0.25, 0.3) is 0 Å². The van der Waals surface area contributed by atoms with Gasteiger partial charge in [-0.1, -0.05) is 24.3 Å². The highest BCUT2D eigenvalue weighted by molar-refractivity contribution is 5.80. The first-order valence-corrected chi connectivity index (χ1v) is 4.83. The van der Waals surface area contributed by atoms with Crippen LogP contribution in [0, 0.1) is 0 Å². The fourth-order valence-corrected chi connectivity index (χ4v) is 1.35. The molecule has 0 fully saturated rings. The van der Waals surface area contributed by atoms with Gasteiger partial charge in [0.1, 0.15) is 5.54 Å². The summed E-state index contributed by atoms with van der Waals surface area (Å²) >= 11 is 0. The summed E-state index contributed by atoms with van der Waals surface area (Å²) < 4.78 is 0. The molecule has 7 heteroatoms. The van der Waals surface area contributed by atoms with Gasteiger partial charge in [0.05, 0.1) is 0 Å². The third-order valence-electron chi connectivity index (χ3n) is 2.51. The zero-order valence-corrected chi connectivity index (χ0v) is 9.03. The third-order valence-corrected chi connectivity index (χ3v) is 2.51. The number of carbonyl (C=O) groups is 1. The van der Waals surface area contributed by atoms with Gasteiger partial charge >= 0.3 is 5.97 Å². The van der Waals surface area contributed by atoms with Crippen LogP contribution < -0.4 is 10.8 Å². The van der Waals surface area contributed by atoms with Gasteiger partial charge in [0.15, 0.2) is 0 Å². The van der Waals surface area contributed by atoms with Gasteiger partial charge in [-0.25, -0.2) is 4.79 Å². The largest absolute Gasteiger partial charge is 0.480 e. The van der Waals surface area contributed by atoms with E-state index in [2.05, 4.69) is 20.6 Å². The molecule has 0 amide bonds. The van der Waals surface area contributed by atoms with Gasteiger partial charge in [-0.05, 0) is 18.1 Å². The van der Waals surface area contributed by atoms with Crippen molar-refractivity contribution in [1.82, 2.24) is 20.6 Å². The average Bonchev–Trinajstić information content (AvgIpc) is 2.82. The minimum Gasteiger partial charge on any atom is -0.480 e. The lowest BCUT2D eigenvalue weighted by Crippen LogP contribution is -2.41. The molecule has 7 nitrogen and oxygen atoms in total. The van der Waals surface area contributed by atoms with Crippen molar-refractivity contribution in [3.05, 3.63) is 29.8 Å². The highest BCUT2D eigenvalue weighted by Crippen LogP contribution is 2.21. The van der Waals surface area contributed by atoms with Gasteiger partial charge in [-0.15, -0.1) is 0 Å². The zero-order valence-electron chi connectivity index (χ0n) is 9.03. The van der Waals surface area contributed by atoms with Crippen LogP contribution in [0.1, 0.15) is 12.5 Å². The van der Waals surface area contributed by atoms with Crippen molar-refractivity contribution in [3.8, 4) is 11.4 Å². The summed E-state index contributed by atoms with van der Waals surface area (Å²) in [5, 5.41) is 23.1. The molecule has 1 heterocycles. The van der Waals surface area contributed by atoms with Crippen LogP contribution in [0.25, 0.3) is 11.4 Å². The Hall–Kier alpha value is -2.28. The van der Waals surface area contributed by atoms with Crippen LogP contribution in [0.5, 0.6) is 0 Å². The van der Waals surface area contributed by atoms with Gasteiger partial charge in [0.2, 0.25) is 0 Å². The van der Waals surface area contributed by atoms with Crippen molar-refractivity contribution in [2.45, 2.75) is 12.5 Å². The molecule has 3 N–H and O–H groups in total. The van der Waals surface area contributed by atoms with Crippen LogP contribution in [0.15, 0.2) is 24.3 Å². The smallest absolute Gasteiger partial charge is 0.328 e. The first kappa shape index (κ1) is 11.2. The Kier molecular flexibility index (Phi) is 2.60. The Labute approximate surface area is 96.7 Å². The summed E-state index contributed by atoms with van der Waals surface area (Å²) in [5.74, 6) is -0.691. The molecule has 0 bridgehead atoms. The summed E-state index contributed by atoms with van der Waals surface area (Å²) in [7, 11) is 0. The highest BCUT2D eigenvalue weighted by Gasteiger charge is 2.29. The number of benzene rings is 1. The number of aliphatic carboxylic acids is 1. The molecule has 0 spiro atoms. The van der Waals surface area contributed by atoms with E-state index in [9.17, 15) is 4.79 Å². The summed E-state index contributed by atoms with van der Waals surface area (Å²) in [5.41, 5.74) is 5.49. The van der Waals surface area contributed by atoms with Crippen LogP contribution in [0.3, 0.4) is 0 Å². The topological polar surface area (TPSA) is 116 Å². The molecule has 2 aromatic rings. The number of aromatic nitrogens is 4. The predicted octanol–water partition coefficient (Wildman–Crippen LogP) is -0.246. The van der Waals surface area contributed by atoms with Gasteiger partial charge < -0.3 is 15.9 Å². The molecule has 0 radical (unpaired) electrons. The molecular weight excluding hydrogens is 222 g/mol. The summed E-state index contributed by atoms with van der Waals surface area (Å²) in [6.07, 6.45) is 0. The van der Waals surface area contributed by atoms with Crippen molar-refractivity contribution in [1.29, 1.82) is 0 Å². The lowest BCUT2D eigenvalue weighted by molar-refractivity contribution is -0.143. The first-order chi connectivity index (χ1) is 8.01. The van der Waals surface area contributed by atoms with Crippen LogP contribution in [0.2, 0.25) is 0 Å². The standard InChI is InChI=1S/C10H11N5O2/c1-10(11,9(16)17)7-4-2-6(3-5-7)8-12-14-15-13-8/h2-5H,11H2,1H3,(H2,12,13,14,15,16,17)/p-1/t10-/m0/s1. The van der Waals surface area contributed by atoms with E-state index in [1.54, 1.807) is 24.3 Å². The number of carboxylic acids is 1. The van der Waals surface area contributed by atoms with Crippen LogP contribution in [0.4, 0.5) is 0 Å². The second-order valence-corrected chi connectivity index (χ2v) is 3.79. The SMILES string of the molecule is C[C@@](N)(C(=O)O)c1ccc(-c2nnn[n-]2)cc1. The third kappa shape index (κ3) is 2.00. The molecule has 0 aliphatic carbocycles. The number of hydrogen-bond donors (Lipinski definition) is 2. The lowest BCUT2D eigenvalue weighted by Gasteiger charge is -2.19. The van der Waals surface area contributed by atoms with Crippen molar-refractivity contribution < 1.29 is 9.90 Å². The Bertz CT molecular complexity index is 518. The molecule has 0 unspecified atom stereocenters. The highest BCUT2D eigenvalue weighted by atomic mass is 16.4. The normalized spacial score (nSPS) is 14.2. The van der Waals surface area contributed by atoms with E-state index in [-0.39, 0.29) is 0 Å². The van der Waals surface area contributed by atoms with Crippen molar-refractivity contribution >= 4 is 5.97 Å². The molecule has 1 atom stereocenters. The average molecular weight is 232 g/mol. The van der Waals surface area contributed by atoms with Gasteiger partial charge in [-0.2, -0.15) is 5.21 Å². The zero-order chi connectivity index (χ0) is 12.5. The first-order valence-electron chi connectivity index (χ1n) is 4.83. The number of carboxylic acid groups (broad SMARTS) is 1. The Morgan fingerprint density at radius 2 is 2.06 bits per heavy atom. The molecule has 0 saturated carbocycles. The minimum atomic E-state index is -1.41. The lowest BCUT2D eigenvalue weighted by atomic mass is 9.92. The van der Waals surface area contributed by atoms with E-state index >= 15 is 0 Å². The number of rotatable bonds is 3. The van der Waals surface area contributed by atoms with Crippen LogP contribution in [-0.2, 0) is 10.3 Å². The van der Waals surface area contributed by atoms with Crippen LogP contribution >= 0.6 is 0 Å². The Balaban J connectivity index is 2.34. The fourth-order valence-electron chi connectivity index (χ4n) is 1.35. The summed E-state index contributed by atoms with van der Waals surface area (Å²) in [6, 6.07) is 6.61. The second-order valence-electron chi connectivity index (χ2n) is 3.79. The maximum Gasteiger partial charge on any atom is 0.328 e. The number of nitrogens with two attached hydrogens (primary N) is 1. The Morgan fingerprint density at radius 3 is 2.53 bits per heavy atom. The molecular formula is C10H10N5O2-. The van der Waals surface area contributed by atoms with E-state index in [0.717, 1.165) is 0 Å². The second kappa shape index (κ2) is 3.95. The number of nitrogens with zero attached hydrogens (tertiary/aromatic N) is 4. The molecule has 17 heavy (non-hydrogen) atoms. The number of hydrogen-bond acceptors (Lipinski definition) is 5. The van der Waals surface area contributed by atoms with E-state index in [4.69, 9.17) is 10.8 Å². The monoisotopic (exact) mass is 232 g/mol. The molecule has 1 aromatic heterocycles. The molecule has 0 saturated heterocycles. The van der Waals surface area contributed by atoms with Gasteiger partial charge in [-0.3, -0.25) is 10.3 Å². The summed E-state index contributed by atoms with van der Waals surface area (Å²) in [4.78, 5) is 11.0. The van der Waals surface area contributed by atoms with Crippen molar-refractivity contribution in [2.24, 2.45) is 5.73 Å². The Morgan fingerprint density at radius 1 is 1.41 bits per heavy atom. The molecule has 1 aromatic carbocycles. The fraction of sp³-hybridized carbons (Fsp3) is 0.200. The van der Waals surface area contributed by atoms with Crippen LogP contribution in [-0.4, -0.2) is 26.6 Å². The quantitative estimate of drug-likeness (QED) is 0.749. The van der Waals surface area contributed by atoms with E-state index in [0.29, 0.717) is 17.0 Å². The summed E-state index contributed by atoms with van der Waals surface area (Å²) in [6.45, 7) is 1.44. The van der Waals surface area contributed by atoms with E-state index in [1.807, 2.05) is 0 Å². The molecule has 0 aliphatic rings. The predicted molar refractivity (Wildman–Crippen MR) is 57.8 cm³/mol. The maximum absolute atomic E-state index is 11.0. The maximum atomic E-state index is 11.0. The van der Waals surface area contributed by atoms with Gasteiger partial charge in [0, 0.05) is 5.82 Å². The van der Waals surface area contributed by atoms with Crippen molar-refractivity contribution in [2.75, 3.05) is 0 Å². The van der Waals surface area contributed by atoms with E-state index < -0.39 is 11.5 Å². The number of tetrazole rings is 1. The van der Waals surface area contributed by atoms with E-state index in [1.165, 1.54) is 6.92 Å². The minimum absolute atomic E-state index is 0.394.